The fourth-order valence-corrected chi connectivity index (χ4v) is 2.20. The number of Topliss-reactive ketones (excluding diaryl/α,β-unsaturated/α-hetero) is 1. The highest BCUT2D eigenvalue weighted by Gasteiger charge is 2.24. The van der Waals surface area contributed by atoms with Crippen molar-refractivity contribution in [2.45, 2.75) is 5.92 Å². The molecule has 0 N–H and O–H groups in total. The molecule has 0 aliphatic carbocycles. The van der Waals surface area contributed by atoms with Crippen LogP contribution in [-0.4, -0.2) is 24.0 Å². The summed E-state index contributed by atoms with van der Waals surface area (Å²) in [7, 11) is 0. The van der Waals surface area contributed by atoms with Gasteiger partial charge in [-0.25, -0.2) is 0 Å². The number of ether oxygens (including phenoxy) is 2. The Kier molecular flexibility index (Phi) is 3.52. The first-order valence-electron chi connectivity index (χ1n) is 6.53. The van der Waals surface area contributed by atoms with Crippen molar-refractivity contribution >= 4 is 5.78 Å². The molecule has 0 radical (unpaired) electrons. The fraction of sp³-hybridized carbons (Fsp3) is 0.188. The van der Waals surface area contributed by atoms with Gasteiger partial charge in [0.1, 0.15) is 19.1 Å². The van der Waals surface area contributed by atoms with E-state index in [9.17, 15) is 10.1 Å². The topological polar surface area (TPSA) is 72.2 Å². The molecule has 0 spiro atoms. The van der Waals surface area contributed by atoms with E-state index in [0.717, 1.165) is 0 Å². The van der Waals surface area contributed by atoms with Gasteiger partial charge in [-0.2, -0.15) is 5.26 Å². The maximum absolute atomic E-state index is 12.4. The molecule has 1 atom stereocenters. The van der Waals surface area contributed by atoms with Gasteiger partial charge in [-0.1, -0.05) is 6.07 Å². The number of carbonyl (C=O) groups excluding carboxylic acids is 1. The van der Waals surface area contributed by atoms with E-state index >= 15 is 0 Å². The van der Waals surface area contributed by atoms with E-state index < -0.39 is 5.92 Å². The van der Waals surface area contributed by atoms with E-state index in [1.54, 1.807) is 36.5 Å². The number of ketones is 1. The average molecular weight is 280 g/mol. The Hall–Kier alpha value is -2.87. The van der Waals surface area contributed by atoms with Crippen LogP contribution >= 0.6 is 0 Å². The lowest BCUT2D eigenvalue weighted by atomic mass is 9.92. The molecule has 0 fully saturated rings. The zero-order valence-corrected chi connectivity index (χ0v) is 11.2. The van der Waals surface area contributed by atoms with Crippen molar-refractivity contribution in [2.75, 3.05) is 13.2 Å². The summed E-state index contributed by atoms with van der Waals surface area (Å²) in [6.45, 7) is 0.965. The van der Waals surface area contributed by atoms with Crippen LogP contribution in [0.1, 0.15) is 21.8 Å². The minimum absolute atomic E-state index is 0.276. The van der Waals surface area contributed by atoms with Gasteiger partial charge in [-0.15, -0.1) is 0 Å². The highest BCUT2D eigenvalue weighted by molar-refractivity contribution is 6.02. The van der Waals surface area contributed by atoms with Gasteiger partial charge in [0.05, 0.1) is 6.07 Å². The van der Waals surface area contributed by atoms with Crippen LogP contribution in [0.5, 0.6) is 11.5 Å². The fourth-order valence-electron chi connectivity index (χ4n) is 2.20. The number of benzene rings is 1. The largest absolute Gasteiger partial charge is 0.486 e. The second kappa shape index (κ2) is 5.63. The number of nitriles is 1. The van der Waals surface area contributed by atoms with Crippen molar-refractivity contribution in [3.05, 3.63) is 53.9 Å². The lowest BCUT2D eigenvalue weighted by molar-refractivity contribution is 0.0978. The van der Waals surface area contributed by atoms with E-state index in [4.69, 9.17) is 9.47 Å². The van der Waals surface area contributed by atoms with Gasteiger partial charge in [0.15, 0.2) is 17.3 Å². The molecule has 0 saturated carbocycles. The summed E-state index contributed by atoms with van der Waals surface area (Å²) in [5.74, 6) is 0.0424. The molecule has 104 valence electrons. The van der Waals surface area contributed by atoms with Gasteiger partial charge in [0.25, 0.3) is 0 Å². The monoisotopic (exact) mass is 280 g/mol. The van der Waals surface area contributed by atoms with Crippen LogP contribution in [0.2, 0.25) is 0 Å². The summed E-state index contributed by atoms with van der Waals surface area (Å²) in [4.78, 5) is 16.3. The van der Waals surface area contributed by atoms with E-state index in [-0.39, 0.29) is 5.78 Å². The number of hydrogen-bond donors (Lipinski definition) is 0. The summed E-state index contributed by atoms with van der Waals surface area (Å²) < 4.78 is 10.9. The van der Waals surface area contributed by atoms with E-state index in [0.29, 0.717) is 35.8 Å². The second-order valence-corrected chi connectivity index (χ2v) is 4.57. The Morgan fingerprint density at radius 2 is 2.05 bits per heavy atom. The van der Waals surface area contributed by atoms with Gasteiger partial charge >= 0.3 is 0 Å². The lowest BCUT2D eigenvalue weighted by Crippen LogP contribution is -2.16. The first-order valence-corrected chi connectivity index (χ1v) is 6.53. The maximum atomic E-state index is 12.4. The second-order valence-electron chi connectivity index (χ2n) is 4.57. The Morgan fingerprint density at radius 3 is 2.76 bits per heavy atom. The molecule has 1 aromatic heterocycles. The third-order valence-electron chi connectivity index (χ3n) is 3.24. The minimum Gasteiger partial charge on any atom is -0.486 e. The van der Waals surface area contributed by atoms with Crippen LogP contribution in [0.25, 0.3) is 0 Å². The van der Waals surface area contributed by atoms with Crippen molar-refractivity contribution in [1.82, 2.24) is 4.98 Å². The van der Waals surface area contributed by atoms with Crippen LogP contribution in [0, 0.1) is 11.3 Å². The summed E-state index contributed by atoms with van der Waals surface area (Å²) in [6, 6.07) is 10.5. The number of pyridine rings is 1. The molecule has 3 rings (SSSR count). The normalized spacial score (nSPS) is 14.0. The van der Waals surface area contributed by atoms with Gasteiger partial charge in [-0.3, -0.25) is 9.78 Å². The molecule has 0 amide bonds. The Labute approximate surface area is 121 Å². The van der Waals surface area contributed by atoms with E-state index in [1.807, 2.05) is 6.07 Å². The Balaban J connectivity index is 1.94. The van der Waals surface area contributed by atoms with Crippen molar-refractivity contribution in [2.24, 2.45) is 0 Å². The molecule has 1 aromatic carbocycles. The predicted octanol–water partition coefficient (Wildman–Crippen LogP) is 2.34. The molecular weight excluding hydrogens is 268 g/mol. The number of rotatable bonds is 3. The third-order valence-corrected chi connectivity index (χ3v) is 3.24. The zero-order valence-electron chi connectivity index (χ0n) is 11.2. The summed E-state index contributed by atoms with van der Waals surface area (Å²) in [6.07, 6.45) is 3.05. The lowest BCUT2D eigenvalue weighted by Gasteiger charge is -2.19. The molecule has 21 heavy (non-hydrogen) atoms. The predicted molar refractivity (Wildman–Crippen MR) is 74.4 cm³/mol. The molecule has 5 nitrogen and oxygen atoms in total. The average Bonchev–Trinajstić information content (AvgIpc) is 2.56. The minimum atomic E-state index is -0.884. The SMILES string of the molecule is N#CC(C(=O)c1cccnc1)c1ccc2c(c1)OCCO2. The van der Waals surface area contributed by atoms with Gasteiger partial charge in [-0.05, 0) is 29.8 Å². The van der Waals surface area contributed by atoms with Gasteiger partial charge in [0, 0.05) is 18.0 Å². The third kappa shape index (κ3) is 2.56. The molecule has 0 saturated heterocycles. The number of carbonyl (C=O) groups is 1. The highest BCUT2D eigenvalue weighted by atomic mass is 16.6. The van der Waals surface area contributed by atoms with Crippen LogP contribution in [-0.2, 0) is 0 Å². The Bertz CT molecular complexity index is 707. The number of nitrogens with zero attached hydrogens (tertiary/aromatic N) is 2. The number of aromatic nitrogens is 1. The first kappa shape index (κ1) is 13.1. The van der Waals surface area contributed by atoms with Crippen molar-refractivity contribution < 1.29 is 14.3 Å². The van der Waals surface area contributed by atoms with Gasteiger partial charge in [0.2, 0.25) is 0 Å². The van der Waals surface area contributed by atoms with Crippen molar-refractivity contribution in [1.29, 1.82) is 5.26 Å². The van der Waals surface area contributed by atoms with Crippen LogP contribution < -0.4 is 9.47 Å². The number of fused-ring (bicyclic) bond motifs is 1. The van der Waals surface area contributed by atoms with Crippen molar-refractivity contribution in [3.63, 3.8) is 0 Å². The van der Waals surface area contributed by atoms with Gasteiger partial charge < -0.3 is 9.47 Å². The first-order chi connectivity index (χ1) is 10.3. The smallest absolute Gasteiger partial charge is 0.185 e. The van der Waals surface area contributed by atoms with Crippen LogP contribution in [0.4, 0.5) is 0 Å². The highest BCUT2D eigenvalue weighted by Crippen LogP contribution is 2.33. The Morgan fingerprint density at radius 1 is 1.24 bits per heavy atom. The molecule has 2 heterocycles. The number of hydrogen-bond acceptors (Lipinski definition) is 5. The summed E-state index contributed by atoms with van der Waals surface area (Å²) in [5, 5.41) is 9.35. The molecule has 1 aliphatic rings. The molecule has 1 unspecified atom stereocenters. The zero-order chi connectivity index (χ0) is 14.7. The van der Waals surface area contributed by atoms with Crippen LogP contribution in [0.15, 0.2) is 42.7 Å². The molecule has 2 aromatic rings. The summed E-state index contributed by atoms with van der Waals surface area (Å²) in [5.41, 5.74) is 1.01. The summed E-state index contributed by atoms with van der Waals surface area (Å²) >= 11 is 0. The maximum Gasteiger partial charge on any atom is 0.185 e. The van der Waals surface area contributed by atoms with Crippen molar-refractivity contribution in [3.8, 4) is 17.6 Å². The van der Waals surface area contributed by atoms with E-state index in [1.165, 1.54) is 6.20 Å². The standard InChI is InChI=1S/C16H12N2O3/c17-9-13(16(19)12-2-1-5-18-10-12)11-3-4-14-15(8-11)21-7-6-20-14/h1-5,8,10,13H,6-7H2. The quantitative estimate of drug-likeness (QED) is 0.807. The molecule has 1 aliphatic heterocycles. The molecular formula is C16H12N2O3. The van der Waals surface area contributed by atoms with E-state index in [2.05, 4.69) is 4.98 Å². The molecule has 0 bridgehead atoms. The molecule has 5 heteroatoms. The van der Waals surface area contributed by atoms with Crippen LogP contribution in [0.3, 0.4) is 0 Å².